The van der Waals surface area contributed by atoms with Crippen LogP contribution in [-0.2, 0) is 17.8 Å². The number of hydrogen-bond donors (Lipinski definition) is 2. The lowest BCUT2D eigenvalue weighted by atomic mass is 9.98. The molecule has 2 rings (SSSR count). The van der Waals surface area contributed by atoms with E-state index in [1.165, 1.54) is 0 Å². The van der Waals surface area contributed by atoms with E-state index in [9.17, 15) is 4.79 Å². The van der Waals surface area contributed by atoms with Crippen LogP contribution in [0, 0.1) is 5.92 Å². The van der Waals surface area contributed by atoms with Crippen molar-refractivity contribution in [3.63, 3.8) is 0 Å². The van der Waals surface area contributed by atoms with Crippen molar-refractivity contribution < 1.29 is 4.79 Å². The van der Waals surface area contributed by atoms with Crippen LogP contribution in [0.3, 0.4) is 0 Å². The van der Waals surface area contributed by atoms with Crippen LogP contribution in [0.15, 0.2) is 49.1 Å². The summed E-state index contributed by atoms with van der Waals surface area (Å²) in [5, 5.41) is 2.92. The second-order valence-electron chi connectivity index (χ2n) is 4.71. The third-order valence-electron chi connectivity index (χ3n) is 3.21. The predicted molar refractivity (Wildman–Crippen MR) is 77.9 cm³/mol. The highest BCUT2D eigenvalue weighted by atomic mass is 16.1. The van der Waals surface area contributed by atoms with Gasteiger partial charge in [0.2, 0.25) is 5.91 Å². The van der Waals surface area contributed by atoms with Crippen molar-refractivity contribution in [1.29, 1.82) is 0 Å². The minimum Gasteiger partial charge on any atom is -0.354 e. The third kappa shape index (κ3) is 4.20. The van der Waals surface area contributed by atoms with Gasteiger partial charge < -0.3 is 15.6 Å². The molecule has 2 aromatic rings. The van der Waals surface area contributed by atoms with Crippen LogP contribution < -0.4 is 11.1 Å². The van der Waals surface area contributed by atoms with Crippen LogP contribution in [-0.4, -0.2) is 28.5 Å². The fourth-order valence-electron chi connectivity index (χ4n) is 2.05. The summed E-state index contributed by atoms with van der Waals surface area (Å²) < 4.78 is 1.93. The molecule has 0 aliphatic heterocycles. The van der Waals surface area contributed by atoms with Gasteiger partial charge in [-0.15, -0.1) is 0 Å². The van der Waals surface area contributed by atoms with E-state index in [-0.39, 0.29) is 11.8 Å². The summed E-state index contributed by atoms with van der Waals surface area (Å²) in [6.07, 6.45) is 6.00. The summed E-state index contributed by atoms with van der Waals surface area (Å²) in [7, 11) is 0. The minimum atomic E-state index is -0.180. The number of nitrogens with two attached hydrogens (primary N) is 1. The lowest BCUT2D eigenvalue weighted by molar-refractivity contribution is -0.124. The molecule has 0 saturated carbocycles. The Balaban J connectivity index is 1.79. The molecule has 0 spiro atoms. The Morgan fingerprint density at radius 3 is 2.80 bits per heavy atom. The zero-order valence-corrected chi connectivity index (χ0v) is 11.4. The van der Waals surface area contributed by atoms with Gasteiger partial charge in [-0.2, -0.15) is 0 Å². The SMILES string of the molecule is NCC(Cc1ccccc1)C(=O)NCCn1ccnc1. The average Bonchev–Trinajstić information content (AvgIpc) is 2.99. The van der Waals surface area contributed by atoms with Crippen LogP contribution in [0.5, 0.6) is 0 Å². The Bertz CT molecular complexity index is 510. The number of benzene rings is 1. The van der Waals surface area contributed by atoms with Crippen molar-refractivity contribution in [3.8, 4) is 0 Å². The highest BCUT2D eigenvalue weighted by molar-refractivity contribution is 5.79. The van der Waals surface area contributed by atoms with E-state index in [0.29, 0.717) is 26.1 Å². The molecule has 0 aliphatic rings. The number of nitrogens with zero attached hydrogens (tertiary/aromatic N) is 2. The van der Waals surface area contributed by atoms with Crippen LogP contribution in [0.2, 0.25) is 0 Å². The zero-order chi connectivity index (χ0) is 14.2. The Hall–Kier alpha value is -2.14. The fourth-order valence-corrected chi connectivity index (χ4v) is 2.05. The molecule has 1 aromatic heterocycles. The Kier molecular flexibility index (Phi) is 5.32. The van der Waals surface area contributed by atoms with E-state index in [1.54, 1.807) is 12.5 Å². The van der Waals surface area contributed by atoms with Crippen LogP contribution in [0.4, 0.5) is 0 Å². The van der Waals surface area contributed by atoms with Gasteiger partial charge in [0.25, 0.3) is 0 Å². The minimum absolute atomic E-state index is 0.0106. The van der Waals surface area contributed by atoms with Gasteiger partial charge in [0.15, 0.2) is 0 Å². The maximum atomic E-state index is 12.1. The molecule has 106 valence electrons. The van der Waals surface area contributed by atoms with Gasteiger partial charge in [-0.1, -0.05) is 30.3 Å². The molecule has 3 N–H and O–H groups in total. The molecule has 0 saturated heterocycles. The first kappa shape index (κ1) is 14.3. The molecular weight excluding hydrogens is 252 g/mol. The molecule has 0 aliphatic carbocycles. The highest BCUT2D eigenvalue weighted by Crippen LogP contribution is 2.07. The number of amides is 1. The van der Waals surface area contributed by atoms with Gasteiger partial charge in [0.05, 0.1) is 12.2 Å². The summed E-state index contributed by atoms with van der Waals surface area (Å²) in [6.45, 7) is 1.65. The quantitative estimate of drug-likeness (QED) is 0.783. The van der Waals surface area contributed by atoms with Gasteiger partial charge in [0.1, 0.15) is 0 Å². The van der Waals surface area contributed by atoms with E-state index in [2.05, 4.69) is 10.3 Å². The number of rotatable bonds is 7. The molecule has 1 aromatic carbocycles. The van der Waals surface area contributed by atoms with Crippen molar-refractivity contribution in [3.05, 3.63) is 54.6 Å². The van der Waals surface area contributed by atoms with Gasteiger partial charge in [-0.25, -0.2) is 4.98 Å². The largest absolute Gasteiger partial charge is 0.354 e. The summed E-state index contributed by atoms with van der Waals surface area (Å²) in [5.74, 6) is -0.170. The second kappa shape index (κ2) is 7.45. The second-order valence-corrected chi connectivity index (χ2v) is 4.71. The van der Waals surface area contributed by atoms with Crippen molar-refractivity contribution in [2.24, 2.45) is 11.7 Å². The number of aromatic nitrogens is 2. The van der Waals surface area contributed by atoms with E-state index >= 15 is 0 Å². The smallest absolute Gasteiger partial charge is 0.224 e. The highest BCUT2D eigenvalue weighted by Gasteiger charge is 2.16. The molecule has 0 fully saturated rings. The molecule has 20 heavy (non-hydrogen) atoms. The molecule has 0 bridgehead atoms. The summed E-state index contributed by atoms with van der Waals surface area (Å²) >= 11 is 0. The number of nitrogens with one attached hydrogen (secondary N) is 1. The Labute approximate surface area is 118 Å². The van der Waals surface area contributed by atoms with E-state index in [1.807, 2.05) is 41.1 Å². The maximum absolute atomic E-state index is 12.1. The van der Waals surface area contributed by atoms with Gasteiger partial charge >= 0.3 is 0 Å². The molecule has 1 amide bonds. The Morgan fingerprint density at radius 1 is 1.35 bits per heavy atom. The molecule has 1 heterocycles. The molecular formula is C15H20N4O. The van der Waals surface area contributed by atoms with Crippen LogP contribution in [0.1, 0.15) is 5.56 Å². The van der Waals surface area contributed by atoms with E-state index < -0.39 is 0 Å². The topological polar surface area (TPSA) is 72.9 Å². The van der Waals surface area contributed by atoms with Crippen LogP contribution in [0.25, 0.3) is 0 Å². The van der Waals surface area contributed by atoms with Gasteiger partial charge in [-0.05, 0) is 12.0 Å². The summed E-state index contributed by atoms with van der Waals surface area (Å²) in [4.78, 5) is 16.0. The average molecular weight is 272 g/mol. The molecule has 5 nitrogen and oxygen atoms in total. The predicted octanol–water partition coefficient (Wildman–Crippen LogP) is 0.817. The normalized spacial score (nSPS) is 12.1. The summed E-state index contributed by atoms with van der Waals surface area (Å²) in [5.41, 5.74) is 6.84. The van der Waals surface area contributed by atoms with Crippen LogP contribution >= 0.6 is 0 Å². The van der Waals surface area contributed by atoms with Crippen molar-refractivity contribution in [2.75, 3.05) is 13.1 Å². The van der Waals surface area contributed by atoms with Gasteiger partial charge in [0, 0.05) is 32.0 Å². The van der Waals surface area contributed by atoms with Crippen molar-refractivity contribution in [1.82, 2.24) is 14.9 Å². The van der Waals surface area contributed by atoms with Crippen molar-refractivity contribution >= 4 is 5.91 Å². The zero-order valence-electron chi connectivity index (χ0n) is 11.4. The molecule has 5 heteroatoms. The standard InChI is InChI=1S/C15H20N4O/c16-11-14(10-13-4-2-1-3-5-13)15(20)18-7-9-19-8-6-17-12-19/h1-6,8,12,14H,7,9-11,16H2,(H,18,20). The monoisotopic (exact) mass is 272 g/mol. The van der Waals surface area contributed by atoms with Crippen molar-refractivity contribution in [2.45, 2.75) is 13.0 Å². The molecule has 1 unspecified atom stereocenters. The number of carbonyl (C=O) groups is 1. The number of imidazole rings is 1. The lowest BCUT2D eigenvalue weighted by Crippen LogP contribution is -2.37. The summed E-state index contributed by atoms with van der Waals surface area (Å²) in [6, 6.07) is 9.94. The van der Waals surface area contributed by atoms with E-state index in [0.717, 1.165) is 5.56 Å². The first-order valence-electron chi connectivity index (χ1n) is 6.77. The molecule has 0 radical (unpaired) electrons. The molecule has 1 atom stereocenters. The first-order valence-corrected chi connectivity index (χ1v) is 6.77. The Morgan fingerprint density at radius 2 is 2.15 bits per heavy atom. The van der Waals surface area contributed by atoms with Gasteiger partial charge in [-0.3, -0.25) is 4.79 Å². The lowest BCUT2D eigenvalue weighted by Gasteiger charge is -2.15. The third-order valence-corrected chi connectivity index (χ3v) is 3.21. The first-order chi connectivity index (χ1) is 9.79. The number of carbonyl (C=O) groups excluding carboxylic acids is 1. The number of hydrogen-bond acceptors (Lipinski definition) is 3. The fraction of sp³-hybridized carbons (Fsp3) is 0.333. The van der Waals surface area contributed by atoms with E-state index in [4.69, 9.17) is 5.73 Å². The maximum Gasteiger partial charge on any atom is 0.224 e.